The molecule has 100 valence electrons. The first kappa shape index (κ1) is 11.5. The predicted octanol–water partition coefficient (Wildman–Crippen LogP) is 2.03. The van der Waals surface area contributed by atoms with E-state index in [2.05, 4.69) is 23.3 Å². The van der Waals surface area contributed by atoms with Gasteiger partial charge in [0.15, 0.2) is 0 Å². The van der Waals surface area contributed by atoms with Crippen LogP contribution < -0.4 is 5.56 Å². The Morgan fingerprint density at radius 2 is 2.05 bits per heavy atom. The highest BCUT2D eigenvalue weighted by atomic mass is 16.1. The van der Waals surface area contributed by atoms with E-state index in [1.165, 1.54) is 29.5 Å². The van der Waals surface area contributed by atoms with Crippen LogP contribution in [0.5, 0.6) is 0 Å². The Labute approximate surface area is 116 Å². The summed E-state index contributed by atoms with van der Waals surface area (Å²) in [5.74, 6) is 0. The van der Waals surface area contributed by atoms with Crippen LogP contribution in [0, 0.1) is 0 Å². The average molecular weight is 265 g/mol. The molecule has 0 radical (unpaired) electrons. The minimum Gasteiger partial charge on any atom is -0.291 e. The normalized spacial score (nSPS) is 13.8. The summed E-state index contributed by atoms with van der Waals surface area (Å²) in [6, 6.07) is 10.2. The number of hydrogen-bond donors (Lipinski definition) is 0. The maximum absolute atomic E-state index is 12.3. The summed E-state index contributed by atoms with van der Waals surface area (Å²) < 4.78 is 3.29. The predicted molar refractivity (Wildman–Crippen MR) is 77.0 cm³/mol. The van der Waals surface area contributed by atoms with E-state index >= 15 is 0 Å². The summed E-state index contributed by atoms with van der Waals surface area (Å²) in [7, 11) is 0. The van der Waals surface area contributed by atoms with Gasteiger partial charge in [-0.15, -0.1) is 0 Å². The second-order valence-electron chi connectivity index (χ2n) is 5.36. The molecule has 0 N–H and O–H groups in total. The molecule has 0 bridgehead atoms. The average Bonchev–Trinajstić information content (AvgIpc) is 3.10. The molecule has 0 unspecified atom stereocenters. The highest BCUT2D eigenvalue weighted by Gasteiger charge is 2.11. The van der Waals surface area contributed by atoms with Crippen LogP contribution in [-0.2, 0) is 19.4 Å². The van der Waals surface area contributed by atoms with E-state index in [9.17, 15) is 4.79 Å². The first-order valence-electron chi connectivity index (χ1n) is 6.95. The van der Waals surface area contributed by atoms with Crippen LogP contribution in [0.25, 0.3) is 5.52 Å². The van der Waals surface area contributed by atoms with Crippen molar-refractivity contribution in [2.75, 3.05) is 0 Å². The number of nitrogens with zero attached hydrogens (tertiary/aromatic N) is 3. The lowest BCUT2D eigenvalue weighted by molar-refractivity contribution is 0.703. The van der Waals surface area contributed by atoms with Crippen molar-refractivity contribution in [3.05, 3.63) is 69.9 Å². The van der Waals surface area contributed by atoms with Crippen molar-refractivity contribution in [3.8, 4) is 0 Å². The van der Waals surface area contributed by atoms with Crippen LogP contribution in [0.15, 0.2) is 47.7 Å². The Morgan fingerprint density at radius 1 is 1.15 bits per heavy atom. The second kappa shape index (κ2) is 4.34. The molecule has 4 rings (SSSR count). The molecule has 20 heavy (non-hydrogen) atoms. The van der Waals surface area contributed by atoms with Gasteiger partial charge >= 0.3 is 0 Å². The van der Waals surface area contributed by atoms with E-state index in [0.717, 1.165) is 6.42 Å². The zero-order valence-corrected chi connectivity index (χ0v) is 11.1. The van der Waals surface area contributed by atoms with Gasteiger partial charge in [0.25, 0.3) is 5.56 Å². The van der Waals surface area contributed by atoms with Gasteiger partial charge in [-0.2, -0.15) is 5.10 Å². The van der Waals surface area contributed by atoms with E-state index < -0.39 is 0 Å². The van der Waals surface area contributed by atoms with Crippen LogP contribution in [0.3, 0.4) is 0 Å². The van der Waals surface area contributed by atoms with Gasteiger partial charge in [0, 0.05) is 6.20 Å². The minimum atomic E-state index is 0.00509. The maximum atomic E-state index is 12.3. The zero-order chi connectivity index (χ0) is 13.5. The van der Waals surface area contributed by atoms with E-state index in [0.29, 0.717) is 12.1 Å². The summed E-state index contributed by atoms with van der Waals surface area (Å²) in [6.07, 6.45) is 7.00. The zero-order valence-electron chi connectivity index (χ0n) is 11.1. The lowest BCUT2D eigenvalue weighted by Crippen LogP contribution is -2.23. The summed E-state index contributed by atoms with van der Waals surface area (Å²) in [6.45, 7) is 0.584. The molecule has 4 nitrogen and oxygen atoms in total. The van der Waals surface area contributed by atoms with Gasteiger partial charge in [-0.25, -0.2) is 4.52 Å². The van der Waals surface area contributed by atoms with E-state index in [4.69, 9.17) is 0 Å². The van der Waals surface area contributed by atoms with Crippen molar-refractivity contribution in [2.24, 2.45) is 0 Å². The van der Waals surface area contributed by atoms with Crippen LogP contribution in [0.1, 0.15) is 23.1 Å². The SMILES string of the molecule is O=c1c2cccn2ncn1Cc1ccc2c(c1)CCC2. The van der Waals surface area contributed by atoms with Gasteiger partial charge in [-0.3, -0.25) is 9.36 Å². The van der Waals surface area contributed by atoms with Crippen molar-refractivity contribution in [1.82, 2.24) is 14.2 Å². The molecule has 0 fully saturated rings. The Bertz CT molecular complexity index is 844. The molecule has 2 heterocycles. The fraction of sp³-hybridized carbons (Fsp3) is 0.250. The highest BCUT2D eigenvalue weighted by Crippen LogP contribution is 2.22. The topological polar surface area (TPSA) is 39.3 Å². The number of aromatic nitrogens is 3. The molecule has 0 saturated heterocycles. The smallest absolute Gasteiger partial charge is 0.277 e. The quantitative estimate of drug-likeness (QED) is 0.711. The molecule has 0 spiro atoms. The van der Waals surface area contributed by atoms with Crippen molar-refractivity contribution < 1.29 is 0 Å². The third-order valence-electron chi connectivity index (χ3n) is 4.04. The summed E-state index contributed by atoms with van der Waals surface area (Å²) in [5.41, 5.74) is 4.69. The largest absolute Gasteiger partial charge is 0.291 e. The Balaban J connectivity index is 1.74. The molecule has 4 heteroatoms. The molecule has 1 aromatic carbocycles. The number of benzene rings is 1. The molecule has 3 aromatic rings. The number of fused-ring (bicyclic) bond motifs is 2. The molecule has 2 aromatic heterocycles. The van der Waals surface area contributed by atoms with Crippen LogP contribution >= 0.6 is 0 Å². The third-order valence-corrected chi connectivity index (χ3v) is 4.04. The first-order chi connectivity index (χ1) is 9.81. The second-order valence-corrected chi connectivity index (χ2v) is 5.36. The molecular weight excluding hydrogens is 250 g/mol. The van der Waals surface area contributed by atoms with Crippen LogP contribution in [0.4, 0.5) is 0 Å². The molecule has 1 aliphatic carbocycles. The van der Waals surface area contributed by atoms with Gasteiger partial charge in [0.05, 0.1) is 6.54 Å². The van der Waals surface area contributed by atoms with Crippen molar-refractivity contribution in [2.45, 2.75) is 25.8 Å². The summed E-state index contributed by atoms with van der Waals surface area (Å²) in [5, 5.41) is 4.25. The number of aryl methyl sites for hydroxylation is 2. The lowest BCUT2D eigenvalue weighted by atomic mass is 10.1. The third kappa shape index (κ3) is 1.76. The Kier molecular flexibility index (Phi) is 2.49. The standard InChI is InChI=1S/C16H15N3O/c20-16-15-5-2-8-19(15)17-11-18(16)10-12-6-7-13-3-1-4-14(13)9-12/h2,5-9,11H,1,3-4,10H2. The van der Waals surface area contributed by atoms with Gasteiger partial charge in [0.2, 0.25) is 0 Å². The van der Waals surface area contributed by atoms with Gasteiger partial charge < -0.3 is 0 Å². The molecule has 0 amide bonds. The maximum Gasteiger partial charge on any atom is 0.277 e. The number of hydrogen-bond acceptors (Lipinski definition) is 2. The van der Waals surface area contributed by atoms with Crippen molar-refractivity contribution >= 4 is 5.52 Å². The number of rotatable bonds is 2. The lowest BCUT2D eigenvalue weighted by Gasteiger charge is -2.08. The summed E-state index contributed by atoms with van der Waals surface area (Å²) >= 11 is 0. The van der Waals surface area contributed by atoms with Crippen molar-refractivity contribution in [1.29, 1.82) is 0 Å². The van der Waals surface area contributed by atoms with Crippen molar-refractivity contribution in [3.63, 3.8) is 0 Å². The molecule has 0 saturated carbocycles. The van der Waals surface area contributed by atoms with E-state index in [1.54, 1.807) is 27.7 Å². The van der Waals surface area contributed by atoms with Gasteiger partial charge in [0.1, 0.15) is 11.8 Å². The fourth-order valence-electron chi connectivity index (χ4n) is 2.99. The van der Waals surface area contributed by atoms with Crippen LogP contribution in [0.2, 0.25) is 0 Å². The molecule has 0 aliphatic heterocycles. The first-order valence-corrected chi connectivity index (χ1v) is 6.95. The van der Waals surface area contributed by atoms with Gasteiger partial charge in [-0.1, -0.05) is 18.2 Å². The molecular formula is C16H15N3O. The molecule has 1 aliphatic rings. The summed E-state index contributed by atoms with van der Waals surface area (Å²) in [4.78, 5) is 12.3. The Hall–Kier alpha value is -2.36. The fourth-order valence-corrected chi connectivity index (χ4v) is 2.99. The van der Waals surface area contributed by atoms with Gasteiger partial charge in [-0.05, 0) is 48.1 Å². The highest BCUT2D eigenvalue weighted by molar-refractivity contribution is 5.43. The van der Waals surface area contributed by atoms with E-state index in [1.807, 2.05) is 6.07 Å². The molecule has 0 atom stereocenters. The monoisotopic (exact) mass is 265 g/mol. The minimum absolute atomic E-state index is 0.00509. The van der Waals surface area contributed by atoms with Crippen LogP contribution in [-0.4, -0.2) is 14.2 Å². The Morgan fingerprint density at radius 3 is 3.00 bits per heavy atom. The van der Waals surface area contributed by atoms with E-state index in [-0.39, 0.29) is 5.56 Å².